The molecule has 1 aromatic heterocycles. The van der Waals surface area contributed by atoms with Crippen molar-refractivity contribution in [1.82, 2.24) is 9.97 Å². The molecule has 0 aromatic carbocycles. The van der Waals surface area contributed by atoms with Gasteiger partial charge in [0.1, 0.15) is 5.82 Å². The molecule has 0 aliphatic carbocycles. The van der Waals surface area contributed by atoms with E-state index in [4.69, 9.17) is 0 Å². The van der Waals surface area contributed by atoms with E-state index in [0.717, 1.165) is 5.82 Å². The number of hydrogen-bond acceptors (Lipinski definition) is 1. The summed E-state index contributed by atoms with van der Waals surface area (Å²) in [4.78, 5) is 7.01. The van der Waals surface area contributed by atoms with Gasteiger partial charge in [0.15, 0.2) is 0 Å². The van der Waals surface area contributed by atoms with E-state index in [2.05, 4.69) is 9.97 Å². The van der Waals surface area contributed by atoms with Crippen LogP contribution >= 0.6 is 0 Å². The van der Waals surface area contributed by atoms with Crippen LogP contribution in [0.25, 0.3) is 6.08 Å². The summed E-state index contributed by atoms with van der Waals surface area (Å²) in [5, 5.41) is 0. The lowest BCUT2D eigenvalue weighted by molar-refractivity contribution is 1.25. The minimum Gasteiger partial charge on any atom is -0.345 e. The van der Waals surface area contributed by atoms with Gasteiger partial charge in [0, 0.05) is 12.4 Å². The standard InChI is InChI=1S/C7H10N2/c1-6(2)5-7-8-3-4-9-7/h3-5H,1-2H3,(H,8,9). The summed E-state index contributed by atoms with van der Waals surface area (Å²) in [6.45, 7) is 4.09. The molecule has 1 rings (SSSR count). The molecule has 2 heteroatoms. The molecule has 0 aliphatic heterocycles. The molecular formula is C7H10N2. The van der Waals surface area contributed by atoms with Gasteiger partial charge in [0.25, 0.3) is 0 Å². The highest BCUT2D eigenvalue weighted by atomic mass is 14.9. The molecule has 0 fully saturated rings. The molecule has 0 atom stereocenters. The molecule has 0 aliphatic rings. The minimum atomic E-state index is 0.926. The number of rotatable bonds is 1. The summed E-state index contributed by atoms with van der Waals surface area (Å²) >= 11 is 0. The van der Waals surface area contributed by atoms with Crippen LogP contribution in [-0.2, 0) is 0 Å². The molecule has 0 unspecified atom stereocenters. The Morgan fingerprint density at radius 1 is 1.67 bits per heavy atom. The first kappa shape index (κ1) is 6.08. The Morgan fingerprint density at radius 2 is 2.44 bits per heavy atom. The number of nitrogens with one attached hydrogen (secondary N) is 1. The van der Waals surface area contributed by atoms with Crippen molar-refractivity contribution in [3.8, 4) is 0 Å². The number of imidazole rings is 1. The molecule has 1 aromatic rings. The molecule has 2 nitrogen and oxygen atoms in total. The van der Waals surface area contributed by atoms with Crippen molar-refractivity contribution in [2.24, 2.45) is 0 Å². The van der Waals surface area contributed by atoms with E-state index in [1.807, 2.05) is 26.1 Å². The molecule has 0 radical (unpaired) electrons. The Labute approximate surface area is 54.6 Å². The average Bonchev–Trinajstić information content (AvgIpc) is 2.15. The minimum absolute atomic E-state index is 0.926. The van der Waals surface area contributed by atoms with Crippen LogP contribution in [0.3, 0.4) is 0 Å². The fraction of sp³-hybridized carbons (Fsp3) is 0.286. The predicted molar refractivity (Wildman–Crippen MR) is 37.9 cm³/mol. The second kappa shape index (κ2) is 2.49. The van der Waals surface area contributed by atoms with E-state index in [1.54, 1.807) is 6.20 Å². The number of aromatic amines is 1. The fourth-order valence-corrected chi connectivity index (χ4v) is 0.630. The maximum absolute atomic E-state index is 4.02. The van der Waals surface area contributed by atoms with Crippen LogP contribution in [0.4, 0.5) is 0 Å². The quantitative estimate of drug-likeness (QED) is 0.604. The smallest absolute Gasteiger partial charge is 0.129 e. The summed E-state index contributed by atoms with van der Waals surface area (Å²) in [6.07, 6.45) is 5.56. The summed E-state index contributed by atoms with van der Waals surface area (Å²) in [6, 6.07) is 0. The van der Waals surface area contributed by atoms with Crippen LogP contribution in [0.1, 0.15) is 19.7 Å². The molecule has 1 N–H and O–H groups in total. The Balaban J connectivity index is 2.80. The first-order chi connectivity index (χ1) is 4.29. The molecule has 0 saturated heterocycles. The largest absolute Gasteiger partial charge is 0.345 e. The predicted octanol–water partition coefficient (Wildman–Crippen LogP) is 1.83. The zero-order chi connectivity index (χ0) is 6.69. The summed E-state index contributed by atoms with van der Waals surface area (Å²) in [5.74, 6) is 0.926. The van der Waals surface area contributed by atoms with Crippen molar-refractivity contribution in [3.05, 3.63) is 23.8 Å². The highest BCUT2D eigenvalue weighted by molar-refractivity contribution is 5.42. The first-order valence-corrected chi connectivity index (χ1v) is 2.93. The lowest BCUT2D eigenvalue weighted by atomic mass is 10.3. The van der Waals surface area contributed by atoms with Gasteiger partial charge < -0.3 is 4.98 Å². The molecule has 1 heterocycles. The molecule has 0 bridgehead atoms. The molecular weight excluding hydrogens is 112 g/mol. The van der Waals surface area contributed by atoms with Gasteiger partial charge in [-0.2, -0.15) is 0 Å². The van der Waals surface area contributed by atoms with Gasteiger partial charge in [0.2, 0.25) is 0 Å². The van der Waals surface area contributed by atoms with E-state index >= 15 is 0 Å². The summed E-state index contributed by atoms with van der Waals surface area (Å²) < 4.78 is 0. The van der Waals surface area contributed by atoms with Gasteiger partial charge in [-0.05, 0) is 19.9 Å². The van der Waals surface area contributed by atoms with Crippen molar-refractivity contribution >= 4 is 6.08 Å². The fourth-order valence-electron chi connectivity index (χ4n) is 0.630. The second-order valence-electron chi connectivity index (χ2n) is 2.20. The normalized spacial score (nSPS) is 9.11. The highest BCUT2D eigenvalue weighted by Gasteiger charge is 1.84. The van der Waals surface area contributed by atoms with Crippen LogP contribution in [0.2, 0.25) is 0 Å². The number of nitrogens with zero attached hydrogens (tertiary/aromatic N) is 1. The zero-order valence-corrected chi connectivity index (χ0v) is 5.68. The zero-order valence-electron chi connectivity index (χ0n) is 5.68. The maximum Gasteiger partial charge on any atom is 0.129 e. The van der Waals surface area contributed by atoms with Crippen molar-refractivity contribution < 1.29 is 0 Å². The van der Waals surface area contributed by atoms with Gasteiger partial charge >= 0.3 is 0 Å². The summed E-state index contributed by atoms with van der Waals surface area (Å²) in [5.41, 5.74) is 1.25. The van der Waals surface area contributed by atoms with E-state index in [-0.39, 0.29) is 0 Å². The number of H-pyrrole nitrogens is 1. The molecule has 0 amide bonds. The van der Waals surface area contributed by atoms with Crippen LogP contribution < -0.4 is 0 Å². The Bertz CT molecular complexity index is 193. The van der Waals surface area contributed by atoms with Gasteiger partial charge in [-0.1, -0.05) is 5.57 Å². The van der Waals surface area contributed by atoms with E-state index < -0.39 is 0 Å². The Hall–Kier alpha value is -1.05. The molecule has 0 spiro atoms. The number of hydrogen-bond donors (Lipinski definition) is 1. The third-order valence-electron chi connectivity index (χ3n) is 0.945. The highest BCUT2D eigenvalue weighted by Crippen LogP contribution is 1.97. The van der Waals surface area contributed by atoms with E-state index in [0.29, 0.717) is 0 Å². The van der Waals surface area contributed by atoms with Gasteiger partial charge in [-0.25, -0.2) is 4.98 Å². The Morgan fingerprint density at radius 3 is 2.89 bits per heavy atom. The molecule has 0 saturated carbocycles. The SMILES string of the molecule is CC(C)=Cc1ncc[nH]1. The van der Waals surface area contributed by atoms with E-state index in [1.165, 1.54) is 5.57 Å². The average molecular weight is 122 g/mol. The number of aromatic nitrogens is 2. The first-order valence-electron chi connectivity index (χ1n) is 2.93. The lowest BCUT2D eigenvalue weighted by Gasteiger charge is -1.84. The van der Waals surface area contributed by atoms with Gasteiger partial charge in [-0.3, -0.25) is 0 Å². The van der Waals surface area contributed by atoms with Crippen LogP contribution in [0, 0.1) is 0 Å². The van der Waals surface area contributed by atoms with Gasteiger partial charge in [0.05, 0.1) is 0 Å². The van der Waals surface area contributed by atoms with Crippen LogP contribution in [0.15, 0.2) is 18.0 Å². The van der Waals surface area contributed by atoms with Crippen molar-refractivity contribution in [2.45, 2.75) is 13.8 Å². The Kier molecular flexibility index (Phi) is 1.68. The number of allylic oxidation sites excluding steroid dienone is 1. The van der Waals surface area contributed by atoms with Crippen molar-refractivity contribution in [2.75, 3.05) is 0 Å². The topological polar surface area (TPSA) is 28.7 Å². The lowest BCUT2D eigenvalue weighted by Crippen LogP contribution is -1.73. The van der Waals surface area contributed by atoms with Gasteiger partial charge in [-0.15, -0.1) is 0 Å². The third kappa shape index (κ3) is 1.72. The van der Waals surface area contributed by atoms with Crippen LogP contribution in [0.5, 0.6) is 0 Å². The summed E-state index contributed by atoms with van der Waals surface area (Å²) in [7, 11) is 0. The van der Waals surface area contributed by atoms with Crippen molar-refractivity contribution in [3.63, 3.8) is 0 Å². The van der Waals surface area contributed by atoms with Crippen molar-refractivity contribution in [1.29, 1.82) is 0 Å². The monoisotopic (exact) mass is 122 g/mol. The maximum atomic E-state index is 4.02. The molecule has 9 heavy (non-hydrogen) atoms. The van der Waals surface area contributed by atoms with Crippen LogP contribution in [-0.4, -0.2) is 9.97 Å². The third-order valence-corrected chi connectivity index (χ3v) is 0.945. The van der Waals surface area contributed by atoms with E-state index in [9.17, 15) is 0 Å². The molecule has 48 valence electrons. The second-order valence-corrected chi connectivity index (χ2v) is 2.20.